The van der Waals surface area contributed by atoms with Crippen molar-refractivity contribution < 1.29 is 9.59 Å². The third-order valence-corrected chi connectivity index (χ3v) is 5.08. The van der Waals surface area contributed by atoms with E-state index in [1.54, 1.807) is 74.4 Å². The van der Waals surface area contributed by atoms with Gasteiger partial charge in [-0.3, -0.25) is 15.0 Å². The van der Waals surface area contributed by atoms with Crippen LogP contribution in [0.4, 0.5) is 11.5 Å². The Morgan fingerprint density at radius 2 is 1.59 bits per heavy atom. The van der Waals surface area contributed by atoms with Gasteiger partial charge in [-0.2, -0.15) is 0 Å². The van der Waals surface area contributed by atoms with Gasteiger partial charge in [-0.1, -0.05) is 35.3 Å². The summed E-state index contributed by atoms with van der Waals surface area (Å²) >= 11 is 12.2. The minimum Gasteiger partial charge on any atom is -0.363 e. The molecule has 3 N–H and O–H groups in total. The zero-order valence-electron chi connectivity index (χ0n) is 17.7. The molecule has 0 aliphatic carbocycles. The monoisotopic (exact) mass is 469 g/mol. The summed E-state index contributed by atoms with van der Waals surface area (Å²) in [5, 5.41) is 14.1. The van der Waals surface area contributed by atoms with Crippen molar-refractivity contribution in [3.05, 3.63) is 87.0 Å². The van der Waals surface area contributed by atoms with Crippen molar-refractivity contribution in [3.63, 3.8) is 0 Å². The summed E-state index contributed by atoms with van der Waals surface area (Å²) in [6.07, 6.45) is 1.42. The topological polar surface area (TPSA) is 98.2 Å². The first-order valence-corrected chi connectivity index (χ1v) is 10.3. The molecular weight excluding hydrogens is 449 g/mol. The Hall–Kier alpha value is -3.42. The van der Waals surface area contributed by atoms with Gasteiger partial charge in [0.05, 0.1) is 21.3 Å². The maximum Gasteiger partial charge on any atom is 0.258 e. The molecule has 3 rings (SSSR count). The summed E-state index contributed by atoms with van der Waals surface area (Å²) in [7, 11) is 3.54. The maximum atomic E-state index is 12.9. The van der Waals surface area contributed by atoms with Gasteiger partial charge in [0.25, 0.3) is 11.8 Å². The lowest BCUT2D eigenvalue weighted by Crippen LogP contribution is -2.22. The number of carbonyl (C=O) groups is 2. The Labute approximate surface area is 195 Å². The molecule has 0 fully saturated rings. The van der Waals surface area contributed by atoms with E-state index in [0.717, 1.165) is 5.56 Å². The smallest absolute Gasteiger partial charge is 0.258 e. The van der Waals surface area contributed by atoms with Crippen LogP contribution in [0.5, 0.6) is 0 Å². The molecule has 0 saturated heterocycles. The third kappa shape index (κ3) is 5.43. The van der Waals surface area contributed by atoms with Crippen molar-refractivity contribution >= 4 is 52.4 Å². The van der Waals surface area contributed by atoms with E-state index in [0.29, 0.717) is 27.8 Å². The average Bonchev–Trinajstić information content (AvgIpc) is 2.76. The number of amides is 2. The van der Waals surface area contributed by atoms with Crippen LogP contribution in [0.25, 0.3) is 0 Å². The van der Waals surface area contributed by atoms with Gasteiger partial charge in [0.2, 0.25) is 0 Å². The lowest BCUT2D eigenvalue weighted by molar-refractivity contribution is 0.102. The minimum atomic E-state index is -0.476. The fraction of sp³-hybridized carbons (Fsp3) is 0.130. The number of hydrogen-bond donors (Lipinski definition) is 3. The number of aromatic nitrogens is 1. The van der Waals surface area contributed by atoms with Crippen LogP contribution in [0.2, 0.25) is 10.0 Å². The number of nitrogens with zero attached hydrogens (tertiary/aromatic N) is 2. The van der Waals surface area contributed by atoms with Crippen LogP contribution in [0.1, 0.15) is 31.8 Å². The SMILES string of the molecule is Cc1cc(Cl)c(NC(=O)c2ccc(C(=N)N(C)C)cc2)c(C(=O)Nc2ccc(Cl)cn2)c1. The van der Waals surface area contributed by atoms with Gasteiger partial charge in [0.1, 0.15) is 11.7 Å². The molecule has 9 heteroatoms. The van der Waals surface area contributed by atoms with E-state index in [4.69, 9.17) is 28.6 Å². The van der Waals surface area contributed by atoms with Crippen molar-refractivity contribution in [1.82, 2.24) is 9.88 Å². The summed E-state index contributed by atoms with van der Waals surface area (Å²) < 4.78 is 0. The second kappa shape index (κ2) is 9.80. The largest absolute Gasteiger partial charge is 0.363 e. The van der Waals surface area contributed by atoms with E-state index in [-0.39, 0.29) is 16.3 Å². The van der Waals surface area contributed by atoms with Crippen molar-refractivity contribution in [2.45, 2.75) is 6.92 Å². The molecular formula is C23H21Cl2N5O2. The molecule has 0 spiro atoms. The second-order valence-electron chi connectivity index (χ2n) is 7.26. The van der Waals surface area contributed by atoms with Crippen LogP contribution in [0.3, 0.4) is 0 Å². The fourth-order valence-electron chi connectivity index (χ4n) is 2.91. The van der Waals surface area contributed by atoms with Gasteiger partial charge in [-0.15, -0.1) is 0 Å². The molecule has 7 nitrogen and oxygen atoms in total. The van der Waals surface area contributed by atoms with Crippen molar-refractivity contribution in [3.8, 4) is 0 Å². The first-order chi connectivity index (χ1) is 15.2. The van der Waals surface area contributed by atoms with Crippen molar-refractivity contribution in [2.75, 3.05) is 24.7 Å². The molecule has 0 saturated carbocycles. The summed E-state index contributed by atoms with van der Waals surface area (Å²) in [4.78, 5) is 31.5. The molecule has 2 aromatic carbocycles. The van der Waals surface area contributed by atoms with Gasteiger partial charge < -0.3 is 15.5 Å². The Kier molecular flexibility index (Phi) is 7.12. The Balaban J connectivity index is 1.86. The molecule has 32 heavy (non-hydrogen) atoms. The Morgan fingerprint density at radius 1 is 0.938 bits per heavy atom. The van der Waals surface area contributed by atoms with Crippen LogP contribution < -0.4 is 10.6 Å². The van der Waals surface area contributed by atoms with Gasteiger partial charge in [-0.05, 0) is 48.9 Å². The number of rotatable bonds is 5. The number of hydrogen-bond acceptors (Lipinski definition) is 4. The molecule has 0 aliphatic rings. The molecule has 164 valence electrons. The highest BCUT2D eigenvalue weighted by Gasteiger charge is 2.19. The molecule has 0 bridgehead atoms. The molecule has 1 heterocycles. The minimum absolute atomic E-state index is 0.193. The lowest BCUT2D eigenvalue weighted by Gasteiger charge is -2.15. The molecule has 1 aromatic heterocycles. The highest BCUT2D eigenvalue weighted by molar-refractivity contribution is 6.35. The molecule has 2 amide bonds. The fourth-order valence-corrected chi connectivity index (χ4v) is 3.34. The number of halogens is 2. The van der Waals surface area contributed by atoms with Crippen molar-refractivity contribution in [2.24, 2.45) is 0 Å². The molecule has 0 radical (unpaired) electrons. The quantitative estimate of drug-likeness (QED) is 0.358. The summed E-state index contributed by atoms with van der Waals surface area (Å²) in [6.45, 7) is 1.80. The second-order valence-corrected chi connectivity index (χ2v) is 8.10. The zero-order valence-corrected chi connectivity index (χ0v) is 19.2. The van der Waals surface area contributed by atoms with Gasteiger partial charge >= 0.3 is 0 Å². The van der Waals surface area contributed by atoms with Gasteiger partial charge in [0.15, 0.2) is 0 Å². The number of aryl methyl sites for hydroxylation is 1. The standard InChI is InChI=1S/C23H21Cl2N5O2/c1-13-10-17(23(32)28-19-9-8-16(24)12-27-19)20(18(25)11-13)29-22(31)15-6-4-14(5-7-15)21(26)30(2)3/h4-12,26H,1-3H3,(H,29,31)(H,27,28,32). The van der Waals surface area contributed by atoms with E-state index in [1.165, 1.54) is 6.20 Å². The Bertz CT molecular complexity index is 1180. The summed E-state index contributed by atoms with van der Waals surface area (Å²) in [5.41, 5.74) is 2.19. The van der Waals surface area contributed by atoms with E-state index in [2.05, 4.69) is 15.6 Å². The van der Waals surface area contributed by atoms with Crippen LogP contribution in [0, 0.1) is 12.3 Å². The van der Waals surface area contributed by atoms with Gasteiger partial charge in [-0.25, -0.2) is 4.98 Å². The van der Waals surface area contributed by atoms with Crippen LogP contribution in [-0.2, 0) is 0 Å². The highest BCUT2D eigenvalue weighted by atomic mass is 35.5. The normalized spacial score (nSPS) is 10.4. The number of amidine groups is 1. The predicted molar refractivity (Wildman–Crippen MR) is 128 cm³/mol. The maximum absolute atomic E-state index is 12.9. The van der Waals surface area contributed by atoms with E-state index in [9.17, 15) is 9.59 Å². The highest BCUT2D eigenvalue weighted by Crippen LogP contribution is 2.29. The number of benzene rings is 2. The number of anilines is 2. The summed E-state index contributed by atoms with van der Waals surface area (Å²) in [6, 6.07) is 13.1. The Morgan fingerprint density at radius 3 is 2.19 bits per heavy atom. The first kappa shape index (κ1) is 23.2. The first-order valence-electron chi connectivity index (χ1n) is 9.56. The third-order valence-electron chi connectivity index (χ3n) is 4.55. The van der Waals surface area contributed by atoms with Crippen LogP contribution >= 0.6 is 23.2 Å². The number of nitrogens with one attached hydrogen (secondary N) is 3. The molecule has 0 unspecified atom stereocenters. The average molecular weight is 470 g/mol. The van der Waals surface area contributed by atoms with Crippen LogP contribution in [-0.4, -0.2) is 41.6 Å². The molecule has 0 atom stereocenters. The van der Waals surface area contributed by atoms with Gasteiger partial charge in [0, 0.05) is 31.4 Å². The molecule has 3 aromatic rings. The molecule has 0 aliphatic heterocycles. The number of pyridine rings is 1. The number of carbonyl (C=O) groups excluding carboxylic acids is 2. The summed E-state index contributed by atoms with van der Waals surface area (Å²) in [5.74, 6) is -0.269. The van der Waals surface area contributed by atoms with E-state index < -0.39 is 11.8 Å². The lowest BCUT2D eigenvalue weighted by atomic mass is 10.1. The predicted octanol–water partition coefficient (Wildman–Crippen LogP) is 5.09. The van der Waals surface area contributed by atoms with Crippen molar-refractivity contribution in [1.29, 1.82) is 5.41 Å². The zero-order chi connectivity index (χ0) is 23.4. The van der Waals surface area contributed by atoms with Crippen LogP contribution in [0.15, 0.2) is 54.7 Å². The van der Waals surface area contributed by atoms with E-state index >= 15 is 0 Å². The van der Waals surface area contributed by atoms with E-state index in [1.807, 2.05) is 0 Å².